The van der Waals surface area contributed by atoms with Gasteiger partial charge in [-0.15, -0.1) is 0 Å². The molecule has 47 heavy (non-hydrogen) atoms. The van der Waals surface area contributed by atoms with E-state index < -0.39 is 17.3 Å². The molecule has 4 heterocycles. The first-order valence-electron chi connectivity index (χ1n) is 15.7. The van der Waals surface area contributed by atoms with E-state index in [4.69, 9.17) is 14.2 Å². The number of ether oxygens (including phenoxy) is 3. The van der Waals surface area contributed by atoms with Gasteiger partial charge in [-0.1, -0.05) is 0 Å². The lowest BCUT2D eigenvalue weighted by Gasteiger charge is -2.35. The predicted octanol–water partition coefficient (Wildman–Crippen LogP) is 5.52. The third-order valence-corrected chi connectivity index (χ3v) is 7.93. The van der Waals surface area contributed by atoms with Gasteiger partial charge in [0.05, 0.1) is 30.1 Å². The minimum Gasteiger partial charge on any atom is -0.490 e. The molecule has 3 aromatic rings. The molecule has 2 aromatic heterocycles. The molecule has 0 saturated carbocycles. The van der Waals surface area contributed by atoms with Gasteiger partial charge in [0.2, 0.25) is 0 Å². The van der Waals surface area contributed by atoms with E-state index in [0.717, 1.165) is 17.3 Å². The number of amides is 2. The first kappa shape index (κ1) is 33.4. The number of halogens is 1. The summed E-state index contributed by atoms with van der Waals surface area (Å²) < 4.78 is 32.6. The molecule has 13 heteroatoms. The lowest BCUT2D eigenvalue weighted by Crippen LogP contribution is -2.41. The zero-order chi connectivity index (χ0) is 33.7. The van der Waals surface area contributed by atoms with E-state index >= 15 is 0 Å². The Morgan fingerprint density at radius 3 is 2.57 bits per heavy atom. The highest BCUT2D eigenvalue weighted by atomic mass is 19.1. The second kappa shape index (κ2) is 14.2. The highest BCUT2D eigenvalue weighted by Gasteiger charge is 2.30. The lowest BCUT2D eigenvalue weighted by molar-refractivity contribution is 0.0219. The summed E-state index contributed by atoms with van der Waals surface area (Å²) in [7, 11) is 0. The molecule has 0 spiro atoms. The fraction of sp³-hybridized carbons (Fsp3) is 0.471. The number of fused-ring (bicyclic) bond motifs is 1. The van der Waals surface area contributed by atoms with Crippen molar-refractivity contribution in [2.24, 2.45) is 0 Å². The Labute approximate surface area is 274 Å². The van der Waals surface area contributed by atoms with E-state index in [1.54, 1.807) is 24.9 Å². The number of carbonyl (C=O) groups is 2. The van der Waals surface area contributed by atoms with Crippen molar-refractivity contribution in [3.8, 4) is 23.3 Å². The van der Waals surface area contributed by atoms with Crippen molar-refractivity contribution >= 4 is 17.8 Å². The number of anilines is 1. The summed E-state index contributed by atoms with van der Waals surface area (Å²) in [4.78, 5) is 44.3. The normalized spacial score (nSPS) is 15.1. The Balaban J connectivity index is 1.27. The van der Waals surface area contributed by atoms with E-state index in [9.17, 15) is 19.2 Å². The Morgan fingerprint density at radius 2 is 1.87 bits per heavy atom. The molecule has 12 nitrogen and oxygen atoms in total. The van der Waals surface area contributed by atoms with Gasteiger partial charge in [0.1, 0.15) is 41.9 Å². The summed E-state index contributed by atoms with van der Waals surface area (Å²) >= 11 is 0. The van der Waals surface area contributed by atoms with E-state index in [1.165, 1.54) is 29.6 Å². The summed E-state index contributed by atoms with van der Waals surface area (Å²) in [5, 5.41) is 9.24. The molecule has 2 aliphatic rings. The number of hydrogen-bond donors (Lipinski definition) is 0. The van der Waals surface area contributed by atoms with Crippen LogP contribution in [0.15, 0.2) is 43.0 Å². The number of piperidine rings is 1. The summed E-state index contributed by atoms with van der Waals surface area (Å²) in [5.74, 6) is 0.591. The van der Waals surface area contributed by atoms with Gasteiger partial charge in [0.15, 0.2) is 11.6 Å². The Kier molecular flexibility index (Phi) is 10.1. The molecule has 0 N–H and O–H groups in total. The second-order valence-corrected chi connectivity index (χ2v) is 12.8. The van der Waals surface area contributed by atoms with Gasteiger partial charge in [-0.2, -0.15) is 5.26 Å². The second-order valence-electron chi connectivity index (χ2n) is 12.8. The third-order valence-electron chi connectivity index (χ3n) is 7.93. The van der Waals surface area contributed by atoms with Crippen LogP contribution in [0.2, 0.25) is 0 Å². The molecular formula is C34H40FN7O5. The largest absolute Gasteiger partial charge is 0.490 e. The van der Waals surface area contributed by atoms with Gasteiger partial charge in [-0.05, 0) is 58.9 Å². The van der Waals surface area contributed by atoms with Gasteiger partial charge in [-0.3, -0.25) is 9.78 Å². The number of aromatic nitrogens is 3. The molecule has 0 unspecified atom stereocenters. The van der Waals surface area contributed by atoms with Gasteiger partial charge < -0.3 is 28.9 Å². The van der Waals surface area contributed by atoms with Crippen molar-refractivity contribution < 1.29 is 28.2 Å². The molecule has 5 rings (SSSR count). The predicted molar refractivity (Wildman–Crippen MR) is 171 cm³/mol. The highest BCUT2D eigenvalue weighted by Crippen LogP contribution is 2.35. The van der Waals surface area contributed by atoms with E-state index in [1.807, 2.05) is 32.9 Å². The van der Waals surface area contributed by atoms with Crippen LogP contribution in [0.4, 0.5) is 15.0 Å². The average molecular weight is 646 g/mol. The van der Waals surface area contributed by atoms with E-state index in [2.05, 4.69) is 19.9 Å². The summed E-state index contributed by atoms with van der Waals surface area (Å²) in [5.41, 5.74) is 1.24. The van der Waals surface area contributed by atoms with Crippen molar-refractivity contribution in [1.82, 2.24) is 24.8 Å². The quantitative estimate of drug-likeness (QED) is 0.288. The SMILES string of the molecule is CC(C)N(CC#N)C(=O)c1cc(F)ccc1Oc1cncnc1N1CCC(Oc2ccnc3c2CN(C(=O)OC(C)(C)C)CC3)CC1. The Hall–Kier alpha value is -4.99. The van der Waals surface area contributed by atoms with Crippen LogP contribution in [-0.4, -0.2) is 80.7 Å². The van der Waals surface area contributed by atoms with Crippen LogP contribution < -0.4 is 14.4 Å². The number of benzene rings is 1. The third kappa shape index (κ3) is 8.06. The van der Waals surface area contributed by atoms with Crippen molar-refractivity contribution in [3.05, 3.63) is 65.6 Å². The standard InChI is InChI=1S/C34H40FN7O5/c1-22(2)42(17-12-36)32(43)25-18-23(35)6-7-28(25)46-30-19-37-21-39-31(30)40-14-9-24(10-15-40)45-29-8-13-38-27-11-16-41(20-26(27)29)33(44)47-34(3,4)5/h6-8,13,18-19,21-22,24H,9-11,14-17,20H2,1-5H3. The van der Waals surface area contributed by atoms with Crippen LogP contribution >= 0.6 is 0 Å². The molecule has 0 atom stereocenters. The zero-order valence-corrected chi connectivity index (χ0v) is 27.4. The molecule has 248 valence electrons. The molecule has 2 aliphatic heterocycles. The number of rotatable bonds is 8. The summed E-state index contributed by atoms with van der Waals surface area (Å²) in [6.45, 7) is 11.1. The summed E-state index contributed by atoms with van der Waals surface area (Å²) in [6.07, 6.45) is 6.24. The molecule has 0 bridgehead atoms. The highest BCUT2D eigenvalue weighted by molar-refractivity contribution is 5.97. The smallest absolute Gasteiger partial charge is 0.410 e. The fourth-order valence-electron chi connectivity index (χ4n) is 5.59. The molecule has 1 saturated heterocycles. The molecule has 0 radical (unpaired) electrons. The van der Waals surface area contributed by atoms with Gasteiger partial charge in [0.25, 0.3) is 5.91 Å². The van der Waals surface area contributed by atoms with Crippen molar-refractivity contribution in [3.63, 3.8) is 0 Å². The molecule has 1 fully saturated rings. The van der Waals surface area contributed by atoms with Gasteiger partial charge in [0, 0.05) is 56.7 Å². The minimum atomic E-state index is -0.596. The topological polar surface area (TPSA) is 134 Å². The Morgan fingerprint density at radius 1 is 1.11 bits per heavy atom. The number of pyridine rings is 1. The maximum absolute atomic E-state index is 14.3. The molecule has 1 aromatic carbocycles. The summed E-state index contributed by atoms with van der Waals surface area (Å²) in [6, 6.07) is 7.28. The molecule has 2 amide bonds. The van der Waals surface area contributed by atoms with Crippen LogP contribution in [0.3, 0.4) is 0 Å². The van der Waals surface area contributed by atoms with Crippen LogP contribution in [0, 0.1) is 17.1 Å². The van der Waals surface area contributed by atoms with Gasteiger partial charge in [-0.25, -0.2) is 19.2 Å². The van der Waals surface area contributed by atoms with Crippen LogP contribution in [0.5, 0.6) is 17.2 Å². The molecular weight excluding hydrogens is 605 g/mol. The number of carbonyl (C=O) groups excluding carboxylic acids is 2. The maximum atomic E-state index is 14.3. The minimum absolute atomic E-state index is 0.00165. The van der Waals surface area contributed by atoms with Crippen LogP contribution in [0.1, 0.15) is 69.1 Å². The van der Waals surface area contributed by atoms with E-state index in [0.29, 0.717) is 62.8 Å². The zero-order valence-electron chi connectivity index (χ0n) is 27.4. The van der Waals surface area contributed by atoms with Gasteiger partial charge >= 0.3 is 6.09 Å². The first-order valence-corrected chi connectivity index (χ1v) is 15.7. The number of nitrogens with zero attached hydrogens (tertiary/aromatic N) is 7. The monoisotopic (exact) mass is 645 g/mol. The van der Waals surface area contributed by atoms with Crippen molar-refractivity contribution in [2.75, 3.05) is 31.1 Å². The maximum Gasteiger partial charge on any atom is 0.410 e. The number of nitriles is 1. The average Bonchev–Trinajstić information content (AvgIpc) is 3.04. The van der Waals surface area contributed by atoms with Crippen LogP contribution in [-0.2, 0) is 17.7 Å². The molecule has 0 aliphatic carbocycles. The van der Waals surface area contributed by atoms with Crippen molar-refractivity contribution in [1.29, 1.82) is 5.26 Å². The number of hydrogen-bond acceptors (Lipinski definition) is 10. The van der Waals surface area contributed by atoms with Crippen LogP contribution in [0.25, 0.3) is 0 Å². The Bertz CT molecular complexity index is 1650. The van der Waals surface area contributed by atoms with E-state index in [-0.39, 0.29) is 36.1 Å². The first-order chi connectivity index (χ1) is 22.4. The fourth-order valence-corrected chi connectivity index (χ4v) is 5.59. The van der Waals surface area contributed by atoms with Crippen molar-refractivity contribution in [2.45, 2.75) is 78.2 Å². The lowest BCUT2D eigenvalue weighted by atomic mass is 10.0.